The maximum atomic E-state index is 12.3. The van der Waals surface area contributed by atoms with Gasteiger partial charge in [0.25, 0.3) is 5.91 Å². The van der Waals surface area contributed by atoms with Crippen molar-refractivity contribution in [2.24, 2.45) is 0 Å². The Bertz CT molecular complexity index is 371. The number of rotatable bonds is 10. The van der Waals surface area contributed by atoms with E-state index in [-0.39, 0.29) is 11.7 Å². The van der Waals surface area contributed by atoms with Crippen LogP contribution >= 0.6 is 0 Å². The number of amides is 1. The van der Waals surface area contributed by atoms with Gasteiger partial charge in [-0.05, 0) is 31.4 Å². The van der Waals surface area contributed by atoms with Crippen LogP contribution in [0.4, 0.5) is 4.48 Å². The van der Waals surface area contributed by atoms with Gasteiger partial charge in [0.15, 0.2) is 0 Å². The predicted molar refractivity (Wildman–Crippen MR) is 75.1 cm³/mol. The Morgan fingerprint density at radius 1 is 1.10 bits per heavy atom. The zero-order chi connectivity index (χ0) is 14.6. The highest BCUT2D eigenvalue weighted by molar-refractivity contribution is 5.75. The number of benzene rings is 1. The normalized spacial score (nSPS) is 10.3. The number of likely N-dealkylation sites (N-methyl/N-ethyl adjacent to an activating group) is 1. The summed E-state index contributed by atoms with van der Waals surface area (Å²) in [6.45, 7) is 0.999. The number of nitrogens with zero attached hydrogens (tertiary/aromatic N) is 1. The molecule has 1 aromatic rings. The van der Waals surface area contributed by atoms with Crippen LogP contribution in [0.5, 0.6) is 5.75 Å². The molecule has 0 unspecified atom stereocenters. The monoisotopic (exact) mass is 283 g/mol. The van der Waals surface area contributed by atoms with Crippen molar-refractivity contribution in [2.75, 3.05) is 26.9 Å². The minimum atomic E-state index is -0.652. The smallest absolute Gasteiger partial charge is 0.275 e. The molecule has 0 aromatic heterocycles. The molecule has 0 aliphatic heterocycles. The van der Waals surface area contributed by atoms with Crippen LogP contribution in [0.25, 0.3) is 0 Å². The molecule has 0 aliphatic carbocycles. The van der Waals surface area contributed by atoms with Crippen molar-refractivity contribution in [3.8, 4) is 5.75 Å². The largest absolute Gasteiger partial charge is 0.494 e. The van der Waals surface area contributed by atoms with E-state index < -0.39 is 5.91 Å². The fourth-order valence-electron chi connectivity index (χ4n) is 1.61. The average molecular weight is 283 g/mol. The summed E-state index contributed by atoms with van der Waals surface area (Å²) in [6.07, 6.45) is 3.92. The van der Waals surface area contributed by atoms with Crippen LogP contribution in [-0.4, -0.2) is 37.9 Å². The summed E-state index contributed by atoms with van der Waals surface area (Å²) in [7, 11) is 1.07. The molecule has 4 nitrogen and oxygen atoms in total. The van der Waals surface area contributed by atoms with Gasteiger partial charge in [0.05, 0.1) is 6.61 Å². The summed E-state index contributed by atoms with van der Waals surface area (Å²) in [5.74, 6) is 0.242. The molecule has 1 amide bonds. The van der Waals surface area contributed by atoms with Crippen molar-refractivity contribution in [1.82, 2.24) is 5.12 Å². The Hall–Kier alpha value is -1.62. The first-order valence-corrected chi connectivity index (χ1v) is 6.88. The maximum Gasteiger partial charge on any atom is 0.275 e. The first kappa shape index (κ1) is 16.4. The Balaban J connectivity index is 1.87. The van der Waals surface area contributed by atoms with Crippen molar-refractivity contribution in [3.63, 3.8) is 0 Å². The van der Waals surface area contributed by atoms with Crippen LogP contribution < -0.4 is 4.74 Å². The Kier molecular flexibility index (Phi) is 8.38. The molecule has 0 fully saturated rings. The summed E-state index contributed by atoms with van der Waals surface area (Å²) < 4.78 is 23.0. The quantitative estimate of drug-likeness (QED) is 0.489. The molecular weight excluding hydrogens is 261 g/mol. The first-order chi connectivity index (χ1) is 9.70. The summed E-state index contributed by atoms with van der Waals surface area (Å²) in [6, 6.07) is 9.73. The second kappa shape index (κ2) is 10.2. The molecule has 0 saturated heterocycles. The number of carbonyl (C=O) groups excluding carboxylic acids is 1. The molecule has 1 rings (SSSR count). The molecule has 112 valence electrons. The number of unbranched alkanes of at least 4 members (excludes halogenated alkanes) is 3. The van der Waals surface area contributed by atoms with E-state index in [9.17, 15) is 9.28 Å². The van der Waals surface area contributed by atoms with E-state index in [0.29, 0.717) is 13.2 Å². The number of hydrogen-bond donors (Lipinski definition) is 0. The topological polar surface area (TPSA) is 38.8 Å². The van der Waals surface area contributed by atoms with Crippen LogP contribution in [0.2, 0.25) is 0 Å². The van der Waals surface area contributed by atoms with E-state index in [4.69, 9.17) is 9.47 Å². The van der Waals surface area contributed by atoms with Gasteiger partial charge in [-0.25, -0.2) is 0 Å². The number of hydrogen-bond acceptors (Lipinski definition) is 3. The Morgan fingerprint density at radius 2 is 1.75 bits per heavy atom. The second-order valence-electron chi connectivity index (χ2n) is 4.50. The van der Waals surface area contributed by atoms with E-state index in [1.54, 1.807) is 0 Å². The van der Waals surface area contributed by atoms with Gasteiger partial charge in [-0.2, -0.15) is 5.12 Å². The number of carbonyl (C=O) groups is 1. The Labute approximate surface area is 119 Å². The summed E-state index contributed by atoms with van der Waals surface area (Å²) in [5.41, 5.74) is 0. The minimum absolute atomic E-state index is 0.0426. The molecule has 5 heteroatoms. The summed E-state index contributed by atoms with van der Waals surface area (Å²) in [5, 5.41) is 0.0426. The van der Waals surface area contributed by atoms with Crippen molar-refractivity contribution in [1.29, 1.82) is 0 Å². The molecular formula is C15H22FNO3. The van der Waals surface area contributed by atoms with Crippen molar-refractivity contribution in [3.05, 3.63) is 30.3 Å². The summed E-state index contributed by atoms with van der Waals surface area (Å²) >= 11 is 0. The van der Waals surface area contributed by atoms with Crippen LogP contribution in [0, 0.1) is 0 Å². The Morgan fingerprint density at radius 3 is 2.40 bits per heavy atom. The molecule has 0 N–H and O–H groups in total. The number of para-hydroxylation sites is 1. The molecule has 1 aromatic carbocycles. The van der Waals surface area contributed by atoms with Crippen LogP contribution in [0.15, 0.2) is 30.3 Å². The van der Waals surface area contributed by atoms with Crippen LogP contribution in [-0.2, 0) is 9.53 Å². The van der Waals surface area contributed by atoms with Gasteiger partial charge in [0.2, 0.25) is 0 Å². The lowest BCUT2D eigenvalue weighted by molar-refractivity contribution is -0.148. The predicted octanol–water partition coefficient (Wildman–Crippen LogP) is 2.99. The molecule has 0 spiro atoms. The van der Waals surface area contributed by atoms with Crippen LogP contribution in [0.1, 0.15) is 25.7 Å². The van der Waals surface area contributed by atoms with Crippen molar-refractivity contribution >= 4 is 5.91 Å². The van der Waals surface area contributed by atoms with Gasteiger partial charge < -0.3 is 9.47 Å². The first-order valence-electron chi connectivity index (χ1n) is 6.88. The van der Waals surface area contributed by atoms with E-state index in [1.165, 1.54) is 0 Å². The fraction of sp³-hybridized carbons (Fsp3) is 0.533. The highest BCUT2D eigenvalue weighted by Crippen LogP contribution is 2.09. The van der Waals surface area contributed by atoms with Crippen molar-refractivity contribution in [2.45, 2.75) is 25.7 Å². The van der Waals surface area contributed by atoms with Gasteiger partial charge in [0, 0.05) is 13.7 Å². The van der Waals surface area contributed by atoms with Crippen LogP contribution in [0.3, 0.4) is 0 Å². The lowest BCUT2D eigenvalue weighted by Crippen LogP contribution is -2.23. The maximum absolute atomic E-state index is 12.3. The third-order valence-corrected chi connectivity index (χ3v) is 2.76. The SMILES string of the molecule is CN(F)C(=O)COCCCCCCOc1ccccc1. The molecule has 20 heavy (non-hydrogen) atoms. The lowest BCUT2D eigenvalue weighted by atomic mass is 10.2. The molecule has 0 saturated carbocycles. The zero-order valence-electron chi connectivity index (χ0n) is 11.9. The van der Waals surface area contributed by atoms with E-state index >= 15 is 0 Å². The summed E-state index contributed by atoms with van der Waals surface area (Å²) in [4.78, 5) is 10.9. The van der Waals surface area contributed by atoms with E-state index in [1.807, 2.05) is 30.3 Å². The van der Waals surface area contributed by atoms with E-state index in [2.05, 4.69) is 0 Å². The fourth-order valence-corrected chi connectivity index (χ4v) is 1.61. The molecule has 0 aliphatic rings. The second-order valence-corrected chi connectivity index (χ2v) is 4.50. The number of halogens is 1. The molecule has 0 heterocycles. The highest BCUT2D eigenvalue weighted by atomic mass is 19.2. The van der Waals surface area contributed by atoms with Gasteiger partial charge in [-0.15, -0.1) is 0 Å². The highest BCUT2D eigenvalue weighted by Gasteiger charge is 2.06. The van der Waals surface area contributed by atoms with Gasteiger partial charge in [-0.3, -0.25) is 4.79 Å². The minimum Gasteiger partial charge on any atom is -0.494 e. The zero-order valence-corrected chi connectivity index (χ0v) is 11.9. The molecule has 0 bridgehead atoms. The van der Waals surface area contributed by atoms with Gasteiger partial charge in [-0.1, -0.05) is 29.1 Å². The third kappa shape index (κ3) is 7.74. The van der Waals surface area contributed by atoms with Gasteiger partial charge >= 0.3 is 0 Å². The van der Waals surface area contributed by atoms with Gasteiger partial charge in [0.1, 0.15) is 12.4 Å². The standard InChI is InChI=1S/C15H22FNO3/c1-17(16)15(18)13-19-11-7-2-3-8-12-20-14-9-5-4-6-10-14/h4-6,9-10H,2-3,7-8,11-13H2,1H3. The van der Waals surface area contributed by atoms with E-state index in [0.717, 1.165) is 38.5 Å². The lowest BCUT2D eigenvalue weighted by Gasteiger charge is -2.07. The molecule has 0 radical (unpaired) electrons. The van der Waals surface area contributed by atoms with Crippen molar-refractivity contribution < 1.29 is 18.7 Å². The molecule has 0 atom stereocenters. The third-order valence-electron chi connectivity index (χ3n) is 2.76. The average Bonchev–Trinajstić information content (AvgIpc) is 2.46. The number of ether oxygens (including phenoxy) is 2.